The predicted molar refractivity (Wildman–Crippen MR) is 59.3 cm³/mol. The van der Waals surface area contributed by atoms with Crippen LogP contribution in [0.1, 0.15) is 17.6 Å². The minimum atomic E-state index is 0.331. The van der Waals surface area contributed by atoms with E-state index in [0.29, 0.717) is 11.9 Å². The van der Waals surface area contributed by atoms with E-state index in [0.717, 1.165) is 23.8 Å². The second-order valence-corrected chi connectivity index (χ2v) is 4.50. The summed E-state index contributed by atoms with van der Waals surface area (Å²) in [6.45, 7) is 2.91. The maximum atomic E-state index is 5.68. The Kier molecular flexibility index (Phi) is 2.88. The van der Waals surface area contributed by atoms with Crippen molar-refractivity contribution >= 4 is 17.6 Å². The van der Waals surface area contributed by atoms with Gasteiger partial charge in [-0.05, 0) is 6.92 Å². The average Bonchev–Trinajstić information content (AvgIpc) is 2.18. The van der Waals surface area contributed by atoms with Crippen molar-refractivity contribution < 1.29 is 0 Å². The molecule has 1 aromatic rings. The minimum Gasteiger partial charge on any atom is -0.384 e. The monoisotopic (exact) mass is 210 g/mol. The van der Waals surface area contributed by atoms with Gasteiger partial charge in [0.2, 0.25) is 0 Å². The summed E-state index contributed by atoms with van der Waals surface area (Å²) in [5.74, 6) is 3.55. The molecule has 0 spiro atoms. The van der Waals surface area contributed by atoms with Crippen LogP contribution in [0, 0.1) is 6.92 Å². The van der Waals surface area contributed by atoms with Gasteiger partial charge >= 0.3 is 0 Å². The lowest BCUT2D eigenvalue weighted by Gasteiger charge is -2.22. The molecule has 1 atom stereocenters. The topological polar surface area (TPSA) is 63.8 Å². The number of nitrogen functional groups attached to an aromatic ring is 1. The molecular weight excluding hydrogens is 196 g/mol. The fourth-order valence-electron chi connectivity index (χ4n) is 1.55. The standard InChI is InChI=1S/C9H14N4S/c1-6-12-7(4-9(10)13-6)8-5-14-3-2-11-8/h4,8,11H,2-3,5H2,1H3,(H2,10,12,13). The first-order chi connectivity index (χ1) is 6.75. The molecule has 1 unspecified atom stereocenters. The molecule has 0 aliphatic carbocycles. The normalized spacial score (nSPS) is 22.2. The number of aromatic nitrogens is 2. The van der Waals surface area contributed by atoms with Gasteiger partial charge in [0.1, 0.15) is 11.6 Å². The quantitative estimate of drug-likeness (QED) is 0.716. The lowest BCUT2D eigenvalue weighted by atomic mass is 10.2. The summed E-state index contributed by atoms with van der Waals surface area (Å²) in [7, 11) is 0. The molecule has 0 bridgehead atoms. The summed E-state index contributed by atoms with van der Waals surface area (Å²) in [6.07, 6.45) is 0. The van der Waals surface area contributed by atoms with E-state index >= 15 is 0 Å². The van der Waals surface area contributed by atoms with Crippen LogP contribution in [0.15, 0.2) is 6.07 Å². The highest BCUT2D eigenvalue weighted by atomic mass is 32.2. The summed E-state index contributed by atoms with van der Waals surface area (Å²) in [5, 5.41) is 3.42. The maximum absolute atomic E-state index is 5.68. The highest BCUT2D eigenvalue weighted by Crippen LogP contribution is 2.21. The lowest BCUT2D eigenvalue weighted by Crippen LogP contribution is -2.31. The van der Waals surface area contributed by atoms with E-state index in [-0.39, 0.29) is 0 Å². The van der Waals surface area contributed by atoms with Gasteiger partial charge in [0, 0.05) is 24.1 Å². The first-order valence-corrected chi connectivity index (χ1v) is 5.83. The largest absolute Gasteiger partial charge is 0.384 e. The van der Waals surface area contributed by atoms with Crippen LogP contribution in [0.4, 0.5) is 5.82 Å². The van der Waals surface area contributed by atoms with Gasteiger partial charge in [-0.25, -0.2) is 9.97 Å². The van der Waals surface area contributed by atoms with Gasteiger partial charge in [-0.1, -0.05) is 0 Å². The molecular formula is C9H14N4S. The molecule has 3 N–H and O–H groups in total. The number of hydrogen-bond donors (Lipinski definition) is 2. The highest BCUT2D eigenvalue weighted by Gasteiger charge is 2.16. The van der Waals surface area contributed by atoms with E-state index < -0.39 is 0 Å². The zero-order valence-electron chi connectivity index (χ0n) is 8.16. The number of nitrogens with zero attached hydrogens (tertiary/aromatic N) is 2. The maximum Gasteiger partial charge on any atom is 0.127 e. The van der Waals surface area contributed by atoms with Crippen molar-refractivity contribution in [3.8, 4) is 0 Å². The third-order valence-corrected chi connectivity index (χ3v) is 3.22. The van der Waals surface area contributed by atoms with Gasteiger partial charge in [-0.2, -0.15) is 11.8 Å². The molecule has 1 aromatic heterocycles. The van der Waals surface area contributed by atoms with Crippen LogP contribution in [0.2, 0.25) is 0 Å². The van der Waals surface area contributed by atoms with E-state index in [1.807, 2.05) is 24.8 Å². The molecule has 1 aliphatic rings. The minimum absolute atomic E-state index is 0.331. The Morgan fingerprint density at radius 1 is 1.57 bits per heavy atom. The zero-order chi connectivity index (χ0) is 9.97. The predicted octanol–water partition coefficient (Wildman–Crippen LogP) is 0.745. The van der Waals surface area contributed by atoms with Crippen molar-refractivity contribution in [1.82, 2.24) is 15.3 Å². The summed E-state index contributed by atoms with van der Waals surface area (Å²) < 4.78 is 0. The summed E-state index contributed by atoms with van der Waals surface area (Å²) in [6, 6.07) is 2.19. The molecule has 1 aliphatic heterocycles. The molecule has 0 radical (unpaired) electrons. The van der Waals surface area contributed by atoms with Crippen molar-refractivity contribution in [2.24, 2.45) is 0 Å². The number of nitrogens with two attached hydrogens (primary N) is 1. The van der Waals surface area contributed by atoms with Gasteiger partial charge in [0.05, 0.1) is 11.7 Å². The summed E-state index contributed by atoms with van der Waals surface area (Å²) >= 11 is 1.95. The number of nitrogens with one attached hydrogen (secondary N) is 1. The molecule has 2 heterocycles. The Morgan fingerprint density at radius 3 is 3.07 bits per heavy atom. The van der Waals surface area contributed by atoms with Crippen molar-refractivity contribution in [2.45, 2.75) is 13.0 Å². The van der Waals surface area contributed by atoms with Crippen molar-refractivity contribution in [1.29, 1.82) is 0 Å². The number of aryl methyl sites for hydroxylation is 1. The van der Waals surface area contributed by atoms with Crippen molar-refractivity contribution in [3.63, 3.8) is 0 Å². The Hall–Kier alpha value is -0.810. The van der Waals surface area contributed by atoms with E-state index in [1.165, 1.54) is 5.75 Å². The van der Waals surface area contributed by atoms with Gasteiger partial charge < -0.3 is 11.1 Å². The third kappa shape index (κ3) is 2.16. The van der Waals surface area contributed by atoms with E-state index in [4.69, 9.17) is 5.73 Å². The van der Waals surface area contributed by atoms with Crippen LogP contribution >= 0.6 is 11.8 Å². The Morgan fingerprint density at radius 2 is 2.43 bits per heavy atom. The molecule has 76 valence electrons. The molecule has 5 heteroatoms. The van der Waals surface area contributed by atoms with E-state index in [2.05, 4.69) is 15.3 Å². The van der Waals surface area contributed by atoms with Crippen LogP contribution in [-0.4, -0.2) is 28.0 Å². The summed E-state index contributed by atoms with van der Waals surface area (Å²) in [5.41, 5.74) is 6.70. The third-order valence-electron chi connectivity index (χ3n) is 2.16. The molecule has 0 aromatic carbocycles. The Bertz CT molecular complexity index is 302. The fourth-order valence-corrected chi connectivity index (χ4v) is 2.50. The second kappa shape index (κ2) is 4.14. The second-order valence-electron chi connectivity index (χ2n) is 3.35. The highest BCUT2D eigenvalue weighted by molar-refractivity contribution is 7.99. The first kappa shape index (κ1) is 9.73. The average molecular weight is 210 g/mol. The van der Waals surface area contributed by atoms with Crippen LogP contribution < -0.4 is 11.1 Å². The van der Waals surface area contributed by atoms with E-state index in [9.17, 15) is 0 Å². The first-order valence-electron chi connectivity index (χ1n) is 4.68. The molecule has 1 saturated heterocycles. The molecule has 0 saturated carbocycles. The number of rotatable bonds is 1. The molecule has 14 heavy (non-hydrogen) atoms. The Labute approximate surface area is 87.7 Å². The van der Waals surface area contributed by atoms with Crippen LogP contribution in [0.3, 0.4) is 0 Å². The number of hydrogen-bond acceptors (Lipinski definition) is 5. The fraction of sp³-hybridized carbons (Fsp3) is 0.556. The van der Waals surface area contributed by atoms with Gasteiger partial charge in [0.25, 0.3) is 0 Å². The van der Waals surface area contributed by atoms with Crippen LogP contribution in [0.5, 0.6) is 0 Å². The molecule has 2 rings (SSSR count). The molecule has 4 nitrogen and oxygen atoms in total. The molecule has 1 fully saturated rings. The number of thioether (sulfide) groups is 1. The van der Waals surface area contributed by atoms with E-state index in [1.54, 1.807) is 0 Å². The van der Waals surface area contributed by atoms with Crippen molar-refractivity contribution in [3.05, 3.63) is 17.6 Å². The van der Waals surface area contributed by atoms with Gasteiger partial charge in [-0.15, -0.1) is 0 Å². The smallest absolute Gasteiger partial charge is 0.127 e. The zero-order valence-corrected chi connectivity index (χ0v) is 8.97. The number of anilines is 1. The van der Waals surface area contributed by atoms with Crippen LogP contribution in [-0.2, 0) is 0 Å². The Balaban J connectivity index is 2.21. The summed E-state index contributed by atoms with van der Waals surface area (Å²) in [4.78, 5) is 8.45. The van der Waals surface area contributed by atoms with Crippen LogP contribution in [0.25, 0.3) is 0 Å². The van der Waals surface area contributed by atoms with Crippen molar-refractivity contribution in [2.75, 3.05) is 23.8 Å². The van der Waals surface area contributed by atoms with Gasteiger partial charge in [-0.3, -0.25) is 0 Å². The SMILES string of the molecule is Cc1nc(N)cc(C2CSCCN2)n1. The van der Waals surface area contributed by atoms with Gasteiger partial charge in [0.15, 0.2) is 0 Å². The molecule has 0 amide bonds. The lowest BCUT2D eigenvalue weighted by molar-refractivity contribution is 0.578.